The Balaban J connectivity index is 0.000000435. The molecule has 1 saturated carbocycles. The first-order chi connectivity index (χ1) is 19.7. The molecule has 1 amide bonds. The van der Waals surface area contributed by atoms with Gasteiger partial charge < -0.3 is 19.1 Å². The fourth-order valence-electron chi connectivity index (χ4n) is 5.38. The highest BCUT2D eigenvalue weighted by Gasteiger charge is 2.31. The van der Waals surface area contributed by atoms with E-state index >= 15 is 0 Å². The summed E-state index contributed by atoms with van der Waals surface area (Å²) < 4.78 is 16.2. The van der Waals surface area contributed by atoms with E-state index in [9.17, 15) is 14.4 Å². The van der Waals surface area contributed by atoms with Gasteiger partial charge >= 0.3 is 18.0 Å². The van der Waals surface area contributed by atoms with Gasteiger partial charge in [0.05, 0.1) is 12.6 Å². The lowest BCUT2D eigenvalue weighted by Gasteiger charge is -2.36. The third-order valence-corrected chi connectivity index (χ3v) is 7.87. The number of likely N-dealkylation sites (tertiary alicyclic amines) is 1. The number of amides is 1. The lowest BCUT2D eigenvalue weighted by atomic mass is 9.90. The molecule has 2 rings (SSSR count). The molecule has 0 aromatic rings. The van der Waals surface area contributed by atoms with Gasteiger partial charge in [-0.05, 0) is 71.6 Å². The van der Waals surface area contributed by atoms with Crippen molar-refractivity contribution in [3.63, 3.8) is 0 Å². The standard InChI is InChI=1S/C19H35NO4.C15H28O2/c1-5-6-7-8-9-13-17(21)23-15-16-12-10-11-14-20(16)18(22)24-19(2,3)4;1-2-3-4-5-9-12-15(16)17-13-14-10-7-6-8-11-14/h16H,5-15H2,1-4H3;14H,2-13H2,1H3. The van der Waals surface area contributed by atoms with Gasteiger partial charge in [-0.15, -0.1) is 0 Å². The van der Waals surface area contributed by atoms with Crippen LogP contribution in [0.2, 0.25) is 0 Å². The topological polar surface area (TPSA) is 82.1 Å². The first-order valence-electron chi connectivity index (χ1n) is 17.0. The van der Waals surface area contributed by atoms with Gasteiger partial charge in [-0.2, -0.15) is 0 Å². The first-order valence-corrected chi connectivity index (χ1v) is 17.0. The largest absolute Gasteiger partial charge is 0.465 e. The van der Waals surface area contributed by atoms with Crippen LogP contribution >= 0.6 is 0 Å². The second-order valence-electron chi connectivity index (χ2n) is 13.0. The Kier molecular flexibility index (Phi) is 20.7. The van der Waals surface area contributed by atoms with Crippen molar-refractivity contribution in [1.82, 2.24) is 4.90 Å². The maximum absolute atomic E-state index is 12.3. The van der Waals surface area contributed by atoms with Crippen molar-refractivity contribution in [3.05, 3.63) is 0 Å². The predicted octanol–water partition coefficient (Wildman–Crippen LogP) is 9.15. The molecule has 7 nitrogen and oxygen atoms in total. The smallest absolute Gasteiger partial charge is 0.410 e. The van der Waals surface area contributed by atoms with E-state index in [1.807, 2.05) is 20.8 Å². The molecule has 1 aliphatic carbocycles. The third kappa shape index (κ3) is 19.9. The highest BCUT2D eigenvalue weighted by Crippen LogP contribution is 2.24. The van der Waals surface area contributed by atoms with Gasteiger partial charge in [-0.1, -0.05) is 84.5 Å². The Morgan fingerprint density at radius 1 is 0.659 bits per heavy atom. The van der Waals surface area contributed by atoms with Crippen molar-refractivity contribution in [2.75, 3.05) is 19.8 Å². The van der Waals surface area contributed by atoms with Gasteiger partial charge in [0.15, 0.2) is 0 Å². The fraction of sp³-hybridized carbons (Fsp3) is 0.912. The molecule has 2 fully saturated rings. The molecule has 1 aliphatic heterocycles. The van der Waals surface area contributed by atoms with Crippen LogP contribution in [0.5, 0.6) is 0 Å². The van der Waals surface area contributed by atoms with Crippen molar-refractivity contribution in [1.29, 1.82) is 0 Å². The number of esters is 2. The minimum Gasteiger partial charge on any atom is -0.465 e. The quantitative estimate of drug-likeness (QED) is 0.103. The predicted molar refractivity (Wildman–Crippen MR) is 166 cm³/mol. The average molecular weight is 582 g/mol. The molecule has 41 heavy (non-hydrogen) atoms. The van der Waals surface area contributed by atoms with E-state index < -0.39 is 5.60 Å². The van der Waals surface area contributed by atoms with E-state index in [1.165, 1.54) is 77.0 Å². The molecule has 0 bridgehead atoms. The molecule has 1 atom stereocenters. The SMILES string of the molecule is CCCCCCCC(=O)OCC1CCCCC1.CCCCCCCC(=O)OCC1CCCCN1C(=O)OC(C)(C)C. The zero-order chi connectivity index (χ0) is 30.3. The molecule has 1 unspecified atom stereocenters. The third-order valence-electron chi connectivity index (χ3n) is 7.87. The second-order valence-corrected chi connectivity index (χ2v) is 13.0. The van der Waals surface area contributed by atoms with Crippen LogP contribution < -0.4 is 0 Å². The first kappa shape index (κ1) is 37.2. The molecule has 0 N–H and O–H groups in total. The number of ether oxygens (including phenoxy) is 3. The van der Waals surface area contributed by atoms with Crippen molar-refractivity contribution in [2.24, 2.45) is 5.92 Å². The molecular weight excluding hydrogens is 518 g/mol. The normalized spacial score (nSPS) is 17.8. The number of rotatable bonds is 16. The Morgan fingerprint density at radius 2 is 1.17 bits per heavy atom. The molecule has 0 radical (unpaired) electrons. The molecule has 1 saturated heterocycles. The lowest BCUT2D eigenvalue weighted by Crippen LogP contribution is -2.48. The van der Waals surface area contributed by atoms with Crippen LogP contribution in [0.4, 0.5) is 4.79 Å². The van der Waals surface area contributed by atoms with Gasteiger partial charge in [-0.25, -0.2) is 4.79 Å². The summed E-state index contributed by atoms with van der Waals surface area (Å²) >= 11 is 0. The highest BCUT2D eigenvalue weighted by atomic mass is 16.6. The minimum absolute atomic E-state index is 0.0204. The van der Waals surface area contributed by atoms with Crippen LogP contribution in [0.25, 0.3) is 0 Å². The van der Waals surface area contributed by atoms with Gasteiger partial charge in [0.2, 0.25) is 0 Å². The Hall–Kier alpha value is -1.79. The number of hydrogen-bond acceptors (Lipinski definition) is 6. The maximum atomic E-state index is 12.3. The summed E-state index contributed by atoms with van der Waals surface area (Å²) in [5.41, 5.74) is -0.506. The molecule has 0 aromatic carbocycles. The number of hydrogen-bond donors (Lipinski definition) is 0. The van der Waals surface area contributed by atoms with E-state index in [-0.39, 0.29) is 30.7 Å². The summed E-state index contributed by atoms with van der Waals surface area (Å²) in [7, 11) is 0. The minimum atomic E-state index is -0.506. The average Bonchev–Trinajstić information content (AvgIpc) is 2.95. The van der Waals surface area contributed by atoms with Crippen molar-refractivity contribution in [2.45, 2.75) is 175 Å². The Labute approximate surface area is 251 Å². The monoisotopic (exact) mass is 581 g/mol. The van der Waals surface area contributed by atoms with E-state index in [0.29, 0.717) is 31.9 Å². The van der Waals surface area contributed by atoms with Crippen LogP contribution in [0.15, 0.2) is 0 Å². The molecule has 0 spiro atoms. The summed E-state index contributed by atoms with van der Waals surface area (Å²) in [5, 5.41) is 0. The fourth-order valence-corrected chi connectivity index (χ4v) is 5.38. The summed E-state index contributed by atoms with van der Waals surface area (Å²) in [6, 6.07) is -0.0577. The molecule has 240 valence electrons. The van der Waals surface area contributed by atoms with Crippen molar-refractivity contribution >= 4 is 18.0 Å². The number of nitrogens with zero attached hydrogens (tertiary/aromatic N) is 1. The van der Waals surface area contributed by atoms with Gasteiger partial charge in [0.1, 0.15) is 12.2 Å². The summed E-state index contributed by atoms with van der Waals surface area (Å²) in [5.74, 6) is 0.515. The molecule has 0 aromatic heterocycles. The zero-order valence-corrected chi connectivity index (χ0v) is 27.3. The number of carbonyl (C=O) groups is 3. The molecule has 1 heterocycles. The van der Waals surface area contributed by atoms with Gasteiger partial charge in [0, 0.05) is 19.4 Å². The molecular formula is C34H63NO6. The van der Waals surface area contributed by atoms with Crippen molar-refractivity contribution < 1.29 is 28.6 Å². The van der Waals surface area contributed by atoms with Crippen LogP contribution in [-0.2, 0) is 23.8 Å². The van der Waals surface area contributed by atoms with Gasteiger partial charge in [0.25, 0.3) is 0 Å². The number of carbonyl (C=O) groups excluding carboxylic acids is 3. The maximum Gasteiger partial charge on any atom is 0.410 e. The van der Waals surface area contributed by atoms with Crippen LogP contribution in [0.3, 0.4) is 0 Å². The van der Waals surface area contributed by atoms with E-state index in [2.05, 4.69) is 13.8 Å². The molecule has 2 aliphatic rings. The number of piperidine rings is 1. The highest BCUT2D eigenvalue weighted by molar-refractivity contribution is 5.70. The van der Waals surface area contributed by atoms with Crippen LogP contribution in [-0.4, -0.2) is 54.3 Å². The second kappa shape index (κ2) is 22.8. The number of unbranched alkanes of at least 4 members (excludes halogenated alkanes) is 8. The van der Waals surface area contributed by atoms with E-state index in [0.717, 1.165) is 38.5 Å². The summed E-state index contributed by atoms with van der Waals surface area (Å²) in [6.45, 7) is 11.6. The Morgan fingerprint density at radius 3 is 1.71 bits per heavy atom. The summed E-state index contributed by atoms with van der Waals surface area (Å²) in [6.07, 6.45) is 21.7. The van der Waals surface area contributed by atoms with E-state index in [4.69, 9.17) is 14.2 Å². The Bertz CT molecular complexity index is 698. The molecule has 7 heteroatoms. The summed E-state index contributed by atoms with van der Waals surface area (Å²) in [4.78, 5) is 37.4. The van der Waals surface area contributed by atoms with Gasteiger partial charge in [-0.3, -0.25) is 9.59 Å². The zero-order valence-electron chi connectivity index (χ0n) is 27.3. The van der Waals surface area contributed by atoms with Crippen LogP contribution in [0.1, 0.15) is 163 Å². The van der Waals surface area contributed by atoms with Crippen molar-refractivity contribution in [3.8, 4) is 0 Å². The van der Waals surface area contributed by atoms with E-state index in [1.54, 1.807) is 4.90 Å². The van der Waals surface area contributed by atoms with Crippen LogP contribution in [0, 0.1) is 5.92 Å². The lowest BCUT2D eigenvalue weighted by molar-refractivity contribution is -0.146.